The molecule has 1 aromatic heterocycles. The van der Waals surface area contributed by atoms with Crippen LogP contribution < -0.4 is 5.69 Å². The number of nitrogens with zero attached hydrogens (tertiary/aromatic N) is 2. The van der Waals surface area contributed by atoms with Crippen molar-refractivity contribution in [2.24, 2.45) is 7.05 Å². The maximum absolute atomic E-state index is 11.4. The van der Waals surface area contributed by atoms with Gasteiger partial charge in [-0.25, -0.2) is 0 Å². The van der Waals surface area contributed by atoms with Gasteiger partial charge >= 0.3 is 0 Å². The Bertz CT molecular complexity index is 437. The van der Waals surface area contributed by atoms with E-state index in [1.54, 1.807) is 11.6 Å². The number of aromatic nitrogens is 2. The van der Waals surface area contributed by atoms with Crippen LogP contribution in [0.15, 0.2) is 29.1 Å². The molecule has 0 unspecified atom stereocenters. The standard InChI is InChI=1S/C9H9N2O/c1-10-7-5-3-4-6-8(7)11(2)9(10)12/h3-6H,1H2,2H3/q-1. The van der Waals surface area contributed by atoms with Gasteiger partial charge < -0.3 is 13.9 Å². The molecule has 0 fully saturated rings. The van der Waals surface area contributed by atoms with E-state index in [4.69, 9.17) is 0 Å². The van der Waals surface area contributed by atoms with Gasteiger partial charge in [0.05, 0.1) is 0 Å². The van der Waals surface area contributed by atoms with Gasteiger partial charge in [0.2, 0.25) is 5.69 Å². The van der Waals surface area contributed by atoms with Gasteiger partial charge in [-0.05, 0) is 11.6 Å². The van der Waals surface area contributed by atoms with E-state index >= 15 is 0 Å². The summed E-state index contributed by atoms with van der Waals surface area (Å²) < 4.78 is 2.98. The van der Waals surface area contributed by atoms with Crippen molar-refractivity contribution in [1.82, 2.24) is 9.13 Å². The van der Waals surface area contributed by atoms with E-state index in [9.17, 15) is 4.79 Å². The summed E-state index contributed by atoms with van der Waals surface area (Å²) in [6.07, 6.45) is 0. The zero-order chi connectivity index (χ0) is 8.72. The minimum absolute atomic E-state index is 0.0869. The predicted molar refractivity (Wildman–Crippen MR) is 47.9 cm³/mol. The van der Waals surface area contributed by atoms with Crippen molar-refractivity contribution >= 4 is 11.0 Å². The van der Waals surface area contributed by atoms with E-state index in [0.29, 0.717) is 0 Å². The van der Waals surface area contributed by atoms with Crippen molar-refractivity contribution in [2.45, 2.75) is 0 Å². The lowest BCUT2D eigenvalue weighted by atomic mass is 10.3. The van der Waals surface area contributed by atoms with Crippen LogP contribution in [0.2, 0.25) is 0 Å². The fraction of sp³-hybridized carbons (Fsp3) is 0.111. The molecule has 0 radical (unpaired) electrons. The third-order valence-electron chi connectivity index (χ3n) is 2.05. The van der Waals surface area contributed by atoms with Crippen LogP contribution in [0.25, 0.3) is 11.0 Å². The molecule has 0 spiro atoms. The van der Waals surface area contributed by atoms with E-state index in [1.807, 2.05) is 24.3 Å². The summed E-state index contributed by atoms with van der Waals surface area (Å²) in [5.41, 5.74) is 1.69. The average molecular weight is 161 g/mol. The molecule has 0 aliphatic rings. The molecule has 0 aliphatic carbocycles. The number of para-hydroxylation sites is 2. The van der Waals surface area contributed by atoms with Crippen LogP contribution in [-0.4, -0.2) is 9.13 Å². The van der Waals surface area contributed by atoms with Gasteiger partial charge in [0.15, 0.2) is 0 Å². The zero-order valence-corrected chi connectivity index (χ0v) is 6.82. The highest BCUT2D eigenvalue weighted by Gasteiger charge is 1.95. The minimum atomic E-state index is -0.0869. The zero-order valence-electron chi connectivity index (χ0n) is 6.82. The van der Waals surface area contributed by atoms with Crippen LogP contribution >= 0.6 is 0 Å². The summed E-state index contributed by atoms with van der Waals surface area (Å²) in [6.45, 7) is 0. The van der Waals surface area contributed by atoms with Crippen LogP contribution in [-0.2, 0) is 7.05 Å². The summed E-state index contributed by atoms with van der Waals surface area (Å²) in [6, 6.07) is 7.58. The fourth-order valence-electron chi connectivity index (χ4n) is 1.36. The number of benzene rings is 1. The molecule has 1 aromatic carbocycles. The topological polar surface area (TPSA) is 26.9 Å². The second kappa shape index (κ2) is 2.17. The number of rotatable bonds is 0. The third-order valence-corrected chi connectivity index (χ3v) is 2.05. The third kappa shape index (κ3) is 0.704. The molecule has 2 aromatic rings. The molecule has 2 rings (SSSR count). The van der Waals surface area contributed by atoms with Gasteiger partial charge in [0.1, 0.15) is 0 Å². The SMILES string of the molecule is [CH2-]n1c(=O)n(C)c2ccccc21. The van der Waals surface area contributed by atoms with E-state index in [2.05, 4.69) is 7.05 Å². The molecule has 3 nitrogen and oxygen atoms in total. The van der Waals surface area contributed by atoms with Gasteiger partial charge in [-0.2, -0.15) is 0 Å². The maximum atomic E-state index is 11.4. The Morgan fingerprint density at radius 2 is 1.83 bits per heavy atom. The summed E-state index contributed by atoms with van der Waals surface area (Å²) in [5.74, 6) is 0. The van der Waals surface area contributed by atoms with Crippen molar-refractivity contribution in [3.05, 3.63) is 41.8 Å². The van der Waals surface area contributed by atoms with Gasteiger partial charge in [-0.15, -0.1) is 7.05 Å². The molecule has 0 N–H and O–H groups in total. The molecule has 0 aliphatic heterocycles. The van der Waals surface area contributed by atoms with Gasteiger partial charge in [-0.1, -0.05) is 18.2 Å². The normalized spacial score (nSPS) is 10.8. The monoisotopic (exact) mass is 161 g/mol. The summed E-state index contributed by atoms with van der Waals surface area (Å²) in [4.78, 5) is 11.4. The van der Waals surface area contributed by atoms with Crippen LogP contribution in [0, 0.1) is 7.05 Å². The lowest BCUT2D eigenvalue weighted by Gasteiger charge is -1.99. The highest BCUT2D eigenvalue weighted by molar-refractivity contribution is 5.75. The summed E-state index contributed by atoms with van der Waals surface area (Å²) >= 11 is 0. The number of hydrogen-bond acceptors (Lipinski definition) is 1. The average Bonchev–Trinajstić information content (AvgIpc) is 2.33. The van der Waals surface area contributed by atoms with E-state index < -0.39 is 0 Å². The fourth-order valence-corrected chi connectivity index (χ4v) is 1.36. The quantitative estimate of drug-likeness (QED) is 0.529. The predicted octanol–water partition coefficient (Wildman–Crippen LogP) is 0.980. The first-order valence-electron chi connectivity index (χ1n) is 3.69. The van der Waals surface area contributed by atoms with Crippen LogP contribution in [0.4, 0.5) is 0 Å². The Balaban J connectivity index is 3.09. The van der Waals surface area contributed by atoms with Gasteiger partial charge in [-0.3, -0.25) is 0 Å². The number of hydrogen-bond donors (Lipinski definition) is 0. The van der Waals surface area contributed by atoms with Gasteiger partial charge in [0.25, 0.3) is 0 Å². The lowest BCUT2D eigenvalue weighted by Crippen LogP contribution is -2.18. The smallest absolute Gasteiger partial charge is 0.216 e. The highest BCUT2D eigenvalue weighted by Crippen LogP contribution is 2.09. The Labute approximate surface area is 69.9 Å². The molecule has 0 amide bonds. The molecule has 12 heavy (non-hydrogen) atoms. The van der Waals surface area contributed by atoms with E-state index in [-0.39, 0.29) is 5.69 Å². The molecule has 0 saturated heterocycles. The Morgan fingerprint density at radius 3 is 2.42 bits per heavy atom. The first-order chi connectivity index (χ1) is 5.72. The maximum Gasteiger partial charge on any atom is 0.216 e. The van der Waals surface area contributed by atoms with Crippen molar-refractivity contribution in [2.75, 3.05) is 0 Å². The first-order valence-corrected chi connectivity index (χ1v) is 3.69. The number of fused-ring (bicyclic) bond motifs is 1. The lowest BCUT2D eigenvalue weighted by molar-refractivity contribution is 0.845. The number of aryl methyl sites for hydroxylation is 1. The summed E-state index contributed by atoms with van der Waals surface area (Å²) in [7, 11) is 5.39. The van der Waals surface area contributed by atoms with Crippen LogP contribution in [0.5, 0.6) is 0 Å². The molecule has 62 valence electrons. The molecular formula is C9H9N2O-. The van der Waals surface area contributed by atoms with E-state index in [0.717, 1.165) is 11.0 Å². The van der Waals surface area contributed by atoms with Crippen molar-refractivity contribution in [3.8, 4) is 0 Å². The largest absolute Gasteiger partial charge is 0.433 e. The Hall–Kier alpha value is -1.64. The molecule has 0 atom stereocenters. The Kier molecular flexibility index (Phi) is 1.27. The van der Waals surface area contributed by atoms with Crippen molar-refractivity contribution in [3.63, 3.8) is 0 Å². The molecule has 0 saturated carbocycles. The second-order valence-corrected chi connectivity index (χ2v) is 2.76. The van der Waals surface area contributed by atoms with Crippen LogP contribution in [0.1, 0.15) is 0 Å². The molecule has 0 bridgehead atoms. The Morgan fingerprint density at radius 1 is 1.25 bits per heavy atom. The molecule has 1 heterocycles. The first kappa shape index (κ1) is 7.03. The molecule has 3 heteroatoms. The summed E-state index contributed by atoms with van der Waals surface area (Å²) in [5, 5.41) is 0. The molecular weight excluding hydrogens is 152 g/mol. The van der Waals surface area contributed by atoms with Crippen molar-refractivity contribution < 1.29 is 0 Å². The van der Waals surface area contributed by atoms with Gasteiger partial charge in [0, 0.05) is 12.6 Å². The number of imidazole rings is 1. The second-order valence-electron chi connectivity index (χ2n) is 2.76. The highest BCUT2D eigenvalue weighted by atomic mass is 16.1. The van der Waals surface area contributed by atoms with E-state index in [1.165, 1.54) is 4.57 Å². The minimum Gasteiger partial charge on any atom is -0.433 e. The van der Waals surface area contributed by atoms with Crippen molar-refractivity contribution in [1.29, 1.82) is 0 Å². The van der Waals surface area contributed by atoms with Crippen LogP contribution in [0.3, 0.4) is 0 Å².